The van der Waals surface area contributed by atoms with E-state index in [-0.39, 0.29) is 18.6 Å². The van der Waals surface area contributed by atoms with Crippen molar-refractivity contribution in [1.82, 2.24) is 0 Å². The van der Waals surface area contributed by atoms with Crippen LogP contribution in [0.5, 0.6) is 5.75 Å². The Labute approximate surface area is 101 Å². The number of carboxylic acid groups (broad SMARTS) is 1. The average Bonchev–Trinajstić information content (AvgIpc) is 2.26. The van der Waals surface area contributed by atoms with Gasteiger partial charge in [-0.15, -0.1) is 0 Å². The number of ether oxygens (including phenoxy) is 1. The standard InChI is InChI=1S/C13H19NO3/c1-9(2)17-11-5-3-10(4-6-11)12(14)7-8-13(15)16/h3-6,9,12H,7-8,14H2,1-2H3,(H,15,16). The smallest absolute Gasteiger partial charge is 0.303 e. The van der Waals surface area contributed by atoms with Gasteiger partial charge in [-0.1, -0.05) is 12.1 Å². The van der Waals surface area contributed by atoms with Gasteiger partial charge in [-0.05, 0) is 38.0 Å². The van der Waals surface area contributed by atoms with E-state index in [1.165, 1.54) is 0 Å². The third-order valence-corrected chi connectivity index (χ3v) is 2.35. The van der Waals surface area contributed by atoms with Crippen molar-refractivity contribution in [3.05, 3.63) is 29.8 Å². The molecule has 0 aromatic heterocycles. The number of rotatable bonds is 6. The molecule has 4 heteroatoms. The lowest BCUT2D eigenvalue weighted by molar-refractivity contribution is -0.137. The molecule has 94 valence electrons. The van der Waals surface area contributed by atoms with E-state index >= 15 is 0 Å². The SMILES string of the molecule is CC(C)Oc1ccc(C(N)CCC(=O)O)cc1. The highest BCUT2D eigenvalue weighted by Gasteiger charge is 2.08. The molecule has 1 unspecified atom stereocenters. The van der Waals surface area contributed by atoms with Gasteiger partial charge in [0.1, 0.15) is 5.75 Å². The van der Waals surface area contributed by atoms with Crippen LogP contribution in [0.15, 0.2) is 24.3 Å². The predicted octanol–water partition coefficient (Wildman–Crippen LogP) is 2.34. The van der Waals surface area contributed by atoms with E-state index in [2.05, 4.69) is 0 Å². The fourth-order valence-electron chi connectivity index (χ4n) is 1.51. The molecule has 4 nitrogen and oxygen atoms in total. The molecule has 1 rings (SSSR count). The molecule has 0 aliphatic carbocycles. The maximum atomic E-state index is 10.4. The van der Waals surface area contributed by atoms with Gasteiger partial charge in [0, 0.05) is 12.5 Å². The van der Waals surface area contributed by atoms with Crippen LogP contribution < -0.4 is 10.5 Å². The molecule has 1 aromatic carbocycles. The number of carboxylic acids is 1. The van der Waals surface area contributed by atoms with E-state index < -0.39 is 5.97 Å². The molecule has 0 saturated heterocycles. The molecular weight excluding hydrogens is 218 g/mol. The summed E-state index contributed by atoms with van der Waals surface area (Å²) in [7, 11) is 0. The number of nitrogens with two attached hydrogens (primary N) is 1. The van der Waals surface area contributed by atoms with Crippen LogP contribution in [-0.4, -0.2) is 17.2 Å². The first-order chi connectivity index (χ1) is 7.99. The first-order valence-electron chi connectivity index (χ1n) is 5.73. The lowest BCUT2D eigenvalue weighted by Crippen LogP contribution is -2.12. The zero-order valence-corrected chi connectivity index (χ0v) is 10.2. The molecule has 17 heavy (non-hydrogen) atoms. The van der Waals surface area contributed by atoms with Crippen LogP contribution in [0.4, 0.5) is 0 Å². The fourth-order valence-corrected chi connectivity index (χ4v) is 1.51. The van der Waals surface area contributed by atoms with Crippen molar-refractivity contribution < 1.29 is 14.6 Å². The summed E-state index contributed by atoms with van der Waals surface area (Å²) >= 11 is 0. The first kappa shape index (κ1) is 13.5. The van der Waals surface area contributed by atoms with Crippen LogP contribution >= 0.6 is 0 Å². The highest BCUT2D eigenvalue weighted by molar-refractivity contribution is 5.66. The van der Waals surface area contributed by atoms with E-state index in [0.29, 0.717) is 6.42 Å². The third kappa shape index (κ3) is 4.87. The van der Waals surface area contributed by atoms with Gasteiger partial charge in [0.25, 0.3) is 0 Å². The Morgan fingerprint density at radius 2 is 1.94 bits per heavy atom. The average molecular weight is 237 g/mol. The Morgan fingerprint density at radius 1 is 1.35 bits per heavy atom. The van der Waals surface area contributed by atoms with Crippen molar-refractivity contribution in [2.24, 2.45) is 5.73 Å². The Balaban J connectivity index is 2.57. The highest BCUT2D eigenvalue weighted by atomic mass is 16.5. The minimum atomic E-state index is -0.819. The van der Waals surface area contributed by atoms with E-state index in [0.717, 1.165) is 11.3 Å². The molecule has 0 amide bonds. The molecule has 1 aromatic rings. The first-order valence-corrected chi connectivity index (χ1v) is 5.73. The van der Waals surface area contributed by atoms with Crippen molar-refractivity contribution in [1.29, 1.82) is 0 Å². The second-order valence-corrected chi connectivity index (χ2v) is 4.27. The lowest BCUT2D eigenvalue weighted by Gasteiger charge is -2.13. The Morgan fingerprint density at radius 3 is 2.41 bits per heavy atom. The summed E-state index contributed by atoms with van der Waals surface area (Å²) in [6.45, 7) is 3.93. The van der Waals surface area contributed by atoms with Crippen LogP contribution in [0.2, 0.25) is 0 Å². The van der Waals surface area contributed by atoms with Gasteiger partial charge < -0.3 is 15.6 Å². The van der Waals surface area contributed by atoms with Gasteiger partial charge in [-0.2, -0.15) is 0 Å². The largest absolute Gasteiger partial charge is 0.491 e. The van der Waals surface area contributed by atoms with Crippen LogP contribution in [0.1, 0.15) is 38.3 Å². The summed E-state index contributed by atoms with van der Waals surface area (Å²) in [6, 6.07) is 7.24. The van der Waals surface area contributed by atoms with Gasteiger partial charge in [-0.25, -0.2) is 0 Å². The topological polar surface area (TPSA) is 72.5 Å². The number of carbonyl (C=O) groups is 1. The zero-order chi connectivity index (χ0) is 12.8. The number of benzene rings is 1. The van der Waals surface area contributed by atoms with E-state index in [1.807, 2.05) is 38.1 Å². The summed E-state index contributed by atoms with van der Waals surface area (Å²) in [5, 5.41) is 8.58. The van der Waals surface area contributed by atoms with Crippen molar-refractivity contribution in [2.75, 3.05) is 0 Å². The fraction of sp³-hybridized carbons (Fsp3) is 0.462. The van der Waals surface area contributed by atoms with Crippen molar-refractivity contribution in [3.8, 4) is 5.75 Å². The van der Waals surface area contributed by atoms with Crippen molar-refractivity contribution in [2.45, 2.75) is 38.8 Å². The summed E-state index contributed by atoms with van der Waals surface area (Å²) in [6.07, 6.45) is 0.673. The van der Waals surface area contributed by atoms with Gasteiger partial charge in [0.2, 0.25) is 0 Å². The van der Waals surface area contributed by atoms with Gasteiger partial charge in [-0.3, -0.25) is 4.79 Å². The van der Waals surface area contributed by atoms with Gasteiger partial charge >= 0.3 is 5.97 Å². The molecule has 1 atom stereocenters. The number of aliphatic carboxylic acids is 1. The minimum Gasteiger partial charge on any atom is -0.491 e. The molecule has 0 aliphatic heterocycles. The minimum absolute atomic E-state index is 0.0887. The summed E-state index contributed by atoms with van der Waals surface area (Å²) < 4.78 is 5.51. The van der Waals surface area contributed by atoms with Gasteiger partial charge in [0.05, 0.1) is 6.10 Å². The zero-order valence-electron chi connectivity index (χ0n) is 10.2. The van der Waals surface area contributed by atoms with Crippen LogP contribution in [0.3, 0.4) is 0 Å². The van der Waals surface area contributed by atoms with Crippen LogP contribution in [0, 0.1) is 0 Å². The van der Waals surface area contributed by atoms with E-state index in [4.69, 9.17) is 15.6 Å². The van der Waals surface area contributed by atoms with Gasteiger partial charge in [0.15, 0.2) is 0 Å². The molecule has 0 saturated carbocycles. The van der Waals surface area contributed by atoms with E-state index in [1.54, 1.807) is 0 Å². The molecule has 0 fully saturated rings. The Hall–Kier alpha value is -1.55. The molecule has 0 bridgehead atoms. The summed E-state index contributed by atoms with van der Waals surface area (Å²) in [5.41, 5.74) is 6.82. The molecule has 0 aliphatic rings. The normalized spacial score (nSPS) is 12.5. The quantitative estimate of drug-likeness (QED) is 0.796. The third-order valence-electron chi connectivity index (χ3n) is 2.35. The molecule has 0 radical (unpaired) electrons. The highest BCUT2D eigenvalue weighted by Crippen LogP contribution is 2.20. The predicted molar refractivity (Wildman–Crippen MR) is 66.0 cm³/mol. The second-order valence-electron chi connectivity index (χ2n) is 4.27. The van der Waals surface area contributed by atoms with Crippen LogP contribution in [0.25, 0.3) is 0 Å². The van der Waals surface area contributed by atoms with Crippen LogP contribution in [-0.2, 0) is 4.79 Å². The molecular formula is C13H19NO3. The summed E-state index contributed by atoms with van der Waals surface area (Å²) in [5.74, 6) is -0.0191. The second kappa shape index (κ2) is 6.25. The van der Waals surface area contributed by atoms with E-state index in [9.17, 15) is 4.79 Å². The monoisotopic (exact) mass is 237 g/mol. The number of hydrogen-bond donors (Lipinski definition) is 2. The Kier molecular flexibility index (Phi) is 4.97. The molecule has 0 heterocycles. The molecule has 3 N–H and O–H groups in total. The maximum absolute atomic E-state index is 10.4. The van der Waals surface area contributed by atoms with Crippen molar-refractivity contribution >= 4 is 5.97 Å². The lowest BCUT2D eigenvalue weighted by atomic mass is 10.0. The maximum Gasteiger partial charge on any atom is 0.303 e. The number of hydrogen-bond acceptors (Lipinski definition) is 3. The Bertz CT molecular complexity index is 359. The van der Waals surface area contributed by atoms with Crippen molar-refractivity contribution in [3.63, 3.8) is 0 Å². The summed E-state index contributed by atoms with van der Waals surface area (Å²) in [4.78, 5) is 10.4. The molecule has 0 spiro atoms.